The lowest BCUT2D eigenvalue weighted by molar-refractivity contribution is -0.122. The molecular weight excluding hydrogens is 260 g/mol. The molecule has 2 fully saturated rings. The lowest BCUT2D eigenvalue weighted by Crippen LogP contribution is -2.39. The van der Waals surface area contributed by atoms with Gasteiger partial charge in [0.25, 0.3) is 0 Å². The molecule has 2 aliphatic rings. The van der Waals surface area contributed by atoms with Crippen LogP contribution in [-0.4, -0.2) is 37.0 Å². The van der Waals surface area contributed by atoms with E-state index in [-0.39, 0.29) is 5.91 Å². The number of rotatable bonds is 5. The summed E-state index contributed by atoms with van der Waals surface area (Å²) in [5, 5.41) is 3.16. The fourth-order valence-electron chi connectivity index (χ4n) is 3.45. The smallest absolute Gasteiger partial charge is 0.220 e. The molecule has 1 aliphatic carbocycles. The zero-order valence-electron chi connectivity index (χ0n) is 13.5. The summed E-state index contributed by atoms with van der Waals surface area (Å²) < 4.78 is 0. The van der Waals surface area contributed by atoms with Crippen LogP contribution in [0.5, 0.6) is 0 Å². The Balaban J connectivity index is 1.56. The summed E-state index contributed by atoms with van der Waals surface area (Å²) in [6.07, 6.45) is 9.23. The van der Waals surface area contributed by atoms with E-state index in [2.05, 4.69) is 29.0 Å². The SMILES string of the molecule is CCC#CCN1CCC(CNC(=O)CC2CCCC2)CC1. The van der Waals surface area contributed by atoms with E-state index in [1.807, 2.05) is 0 Å². The maximum atomic E-state index is 11.9. The van der Waals surface area contributed by atoms with Crippen LogP contribution in [0.25, 0.3) is 0 Å². The molecule has 1 saturated heterocycles. The van der Waals surface area contributed by atoms with Gasteiger partial charge in [0, 0.05) is 19.4 Å². The average molecular weight is 290 g/mol. The van der Waals surface area contributed by atoms with Gasteiger partial charge in [-0.1, -0.05) is 25.7 Å². The number of hydrogen-bond donors (Lipinski definition) is 1. The maximum Gasteiger partial charge on any atom is 0.220 e. The first-order valence-electron chi connectivity index (χ1n) is 8.72. The van der Waals surface area contributed by atoms with Crippen LogP contribution in [0.4, 0.5) is 0 Å². The Morgan fingerprint density at radius 1 is 1.10 bits per heavy atom. The van der Waals surface area contributed by atoms with Gasteiger partial charge in [0.1, 0.15) is 0 Å². The molecule has 0 bridgehead atoms. The highest BCUT2D eigenvalue weighted by molar-refractivity contribution is 5.76. The van der Waals surface area contributed by atoms with Gasteiger partial charge in [-0.3, -0.25) is 9.69 Å². The molecule has 0 unspecified atom stereocenters. The van der Waals surface area contributed by atoms with Crippen molar-refractivity contribution in [2.75, 3.05) is 26.2 Å². The van der Waals surface area contributed by atoms with Crippen molar-refractivity contribution in [3.05, 3.63) is 0 Å². The summed E-state index contributed by atoms with van der Waals surface area (Å²) in [5.41, 5.74) is 0. The number of nitrogens with one attached hydrogen (secondary N) is 1. The molecule has 0 aromatic heterocycles. The van der Waals surface area contributed by atoms with E-state index in [0.717, 1.165) is 39.0 Å². The minimum absolute atomic E-state index is 0.276. The maximum absolute atomic E-state index is 11.9. The number of nitrogens with zero attached hydrogens (tertiary/aromatic N) is 1. The molecule has 3 nitrogen and oxygen atoms in total. The van der Waals surface area contributed by atoms with Gasteiger partial charge in [0.2, 0.25) is 5.91 Å². The third kappa shape index (κ3) is 6.09. The Bertz CT molecular complexity index is 368. The minimum atomic E-state index is 0.276. The van der Waals surface area contributed by atoms with E-state index in [4.69, 9.17) is 0 Å². The van der Waals surface area contributed by atoms with Crippen LogP contribution < -0.4 is 5.32 Å². The Morgan fingerprint density at radius 3 is 2.48 bits per heavy atom. The summed E-state index contributed by atoms with van der Waals surface area (Å²) in [4.78, 5) is 14.4. The Morgan fingerprint density at radius 2 is 1.81 bits per heavy atom. The molecule has 1 heterocycles. The lowest BCUT2D eigenvalue weighted by atomic mass is 9.96. The molecule has 21 heavy (non-hydrogen) atoms. The van der Waals surface area contributed by atoms with Gasteiger partial charge in [-0.25, -0.2) is 0 Å². The van der Waals surface area contributed by atoms with E-state index >= 15 is 0 Å². The topological polar surface area (TPSA) is 32.3 Å². The highest BCUT2D eigenvalue weighted by atomic mass is 16.1. The van der Waals surface area contributed by atoms with Crippen LogP contribution in [0.3, 0.4) is 0 Å². The number of carbonyl (C=O) groups is 1. The van der Waals surface area contributed by atoms with Crippen molar-refractivity contribution >= 4 is 5.91 Å². The van der Waals surface area contributed by atoms with Gasteiger partial charge < -0.3 is 5.32 Å². The third-order valence-corrected chi connectivity index (χ3v) is 4.85. The lowest BCUT2D eigenvalue weighted by Gasteiger charge is -2.30. The summed E-state index contributed by atoms with van der Waals surface area (Å²) in [6, 6.07) is 0. The monoisotopic (exact) mass is 290 g/mol. The van der Waals surface area contributed by atoms with Crippen LogP contribution in [0.1, 0.15) is 58.3 Å². The van der Waals surface area contributed by atoms with E-state index in [1.54, 1.807) is 0 Å². The average Bonchev–Trinajstić information content (AvgIpc) is 2.99. The van der Waals surface area contributed by atoms with Crippen molar-refractivity contribution in [1.29, 1.82) is 0 Å². The van der Waals surface area contributed by atoms with E-state index in [1.165, 1.54) is 38.5 Å². The molecule has 1 saturated carbocycles. The number of amides is 1. The molecule has 3 heteroatoms. The van der Waals surface area contributed by atoms with Crippen LogP contribution in [0.15, 0.2) is 0 Å². The highest BCUT2D eigenvalue weighted by Gasteiger charge is 2.21. The largest absolute Gasteiger partial charge is 0.356 e. The number of carbonyl (C=O) groups excluding carboxylic acids is 1. The second kappa shape index (κ2) is 9.10. The Kier molecular flexibility index (Phi) is 7.09. The van der Waals surface area contributed by atoms with Gasteiger partial charge in [0.05, 0.1) is 6.54 Å². The van der Waals surface area contributed by atoms with Crippen molar-refractivity contribution in [3.63, 3.8) is 0 Å². The summed E-state index contributed by atoms with van der Waals surface area (Å²) in [6.45, 7) is 6.13. The number of piperidine rings is 1. The highest BCUT2D eigenvalue weighted by Crippen LogP contribution is 2.27. The fourth-order valence-corrected chi connectivity index (χ4v) is 3.45. The molecule has 0 aromatic rings. The second-order valence-corrected chi connectivity index (χ2v) is 6.59. The molecule has 0 spiro atoms. The minimum Gasteiger partial charge on any atom is -0.356 e. The van der Waals surface area contributed by atoms with Crippen molar-refractivity contribution < 1.29 is 4.79 Å². The van der Waals surface area contributed by atoms with Crippen LogP contribution in [0.2, 0.25) is 0 Å². The first-order chi connectivity index (χ1) is 10.3. The van der Waals surface area contributed by atoms with Gasteiger partial charge in [-0.2, -0.15) is 0 Å². The molecule has 118 valence electrons. The van der Waals surface area contributed by atoms with E-state index in [9.17, 15) is 4.79 Å². The van der Waals surface area contributed by atoms with E-state index < -0.39 is 0 Å². The first-order valence-corrected chi connectivity index (χ1v) is 8.72. The van der Waals surface area contributed by atoms with E-state index in [0.29, 0.717) is 11.8 Å². The Hall–Kier alpha value is -1.01. The standard InChI is InChI=1S/C18H30N2O/c1-2-3-6-11-20-12-9-17(10-13-20)15-19-18(21)14-16-7-4-5-8-16/h16-17H,2,4-5,7-15H2,1H3,(H,19,21). The van der Waals surface area contributed by atoms with Crippen molar-refractivity contribution in [3.8, 4) is 11.8 Å². The van der Waals surface area contributed by atoms with Gasteiger partial charge in [-0.15, -0.1) is 5.92 Å². The quantitative estimate of drug-likeness (QED) is 0.790. The summed E-state index contributed by atoms with van der Waals surface area (Å²) >= 11 is 0. The first kappa shape index (κ1) is 16.4. The molecule has 1 amide bonds. The third-order valence-electron chi connectivity index (χ3n) is 4.85. The number of hydrogen-bond acceptors (Lipinski definition) is 2. The van der Waals surface area contributed by atoms with Crippen molar-refractivity contribution in [1.82, 2.24) is 10.2 Å². The molecule has 0 atom stereocenters. The Labute approximate surface area is 129 Å². The molecule has 1 N–H and O–H groups in total. The predicted octanol–water partition coefficient (Wildman–Crippen LogP) is 2.81. The normalized spacial score (nSPS) is 21.0. The summed E-state index contributed by atoms with van der Waals surface area (Å²) in [5.74, 6) is 7.94. The van der Waals surface area contributed by atoms with Crippen LogP contribution in [0, 0.1) is 23.7 Å². The van der Waals surface area contributed by atoms with Crippen LogP contribution in [-0.2, 0) is 4.79 Å². The molecule has 0 radical (unpaired) electrons. The van der Waals surface area contributed by atoms with Gasteiger partial charge in [-0.05, 0) is 50.6 Å². The molecule has 1 aliphatic heterocycles. The van der Waals surface area contributed by atoms with Crippen LogP contribution >= 0.6 is 0 Å². The van der Waals surface area contributed by atoms with Gasteiger partial charge >= 0.3 is 0 Å². The van der Waals surface area contributed by atoms with Gasteiger partial charge in [0.15, 0.2) is 0 Å². The van der Waals surface area contributed by atoms with Crippen molar-refractivity contribution in [2.45, 2.75) is 58.3 Å². The molecular formula is C18H30N2O. The number of likely N-dealkylation sites (tertiary alicyclic amines) is 1. The zero-order valence-corrected chi connectivity index (χ0v) is 13.5. The summed E-state index contributed by atoms with van der Waals surface area (Å²) in [7, 11) is 0. The molecule has 2 rings (SSSR count). The van der Waals surface area contributed by atoms with Crippen molar-refractivity contribution in [2.24, 2.45) is 11.8 Å². The fraction of sp³-hybridized carbons (Fsp3) is 0.833. The zero-order chi connectivity index (χ0) is 14.9. The second-order valence-electron chi connectivity index (χ2n) is 6.59. The molecule has 0 aromatic carbocycles. The predicted molar refractivity (Wildman–Crippen MR) is 86.8 cm³/mol.